The summed E-state index contributed by atoms with van der Waals surface area (Å²) in [5, 5.41) is 16.0. The number of amides is 3. The van der Waals surface area contributed by atoms with E-state index in [0.29, 0.717) is 53.6 Å². The minimum atomic E-state index is -0.489. The van der Waals surface area contributed by atoms with Crippen LogP contribution < -0.4 is 20.1 Å². The second-order valence-electron chi connectivity index (χ2n) is 11.2. The van der Waals surface area contributed by atoms with Gasteiger partial charge in [-0.25, -0.2) is 4.79 Å². The number of aliphatic hydroxyl groups excluding tert-OH is 1. The van der Waals surface area contributed by atoms with E-state index in [1.165, 1.54) is 0 Å². The first-order chi connectivity index (χ1) is 21.7. The number of nitrogens with zero attached hydrogens (tertiary/aromatic N) is 3. The van der Waals surface area contributed by atoms with Crippen LogP contribution in [0, 0.1) is 6.92 Å². The number of anilines is 2. The lowest BCUT2D eigenvalue weighted by molar-refractivity contribution is 0.0664. The molecule has 0 aliphatic carbocycles. The Bertz CT molecular complexity index is 1820. The smallest absolute Gasteiger partial charge is 0.323 e. The molecule has 232 valence electrons. The van der Waals surface area contributed by atoms with Gasteiger partial charge < -0.3 is 39.6 Å². The van der Waals surface area contributed by atoms with Gasteiger partial charge in [-0.3, -0.25) is 9.59 Å². The summed E-state index contributed by atoms with van der Waals surface area (Å²) in [6.45, 7) is 5.37. The number of likely N-dealkylation sites (N-methyl/N-ethyl adjacent to an activating group) is 1. The van der Waals surface area contributed by atoms with Crippen molar-refractivity contribution in [2.75, 3.05) is 57.6 Å². The molecule has 0 atom stereocenters. The van der Waals surface area contributed by atoms with Crippen LogP contribution in [0.15, 0.2) is 66.4 Å². The van der Waals surface area contributed by atoms with Gasteiger partial charge in [-0.05, 0) is 80.7 Å². The fourth-order valence-electron chi connectivity index (χ4n) is 5.76. The van der Waals surface area contributed by atoms with Crippen LogP contribution in [0.25, 0.3) is 17.0 Å². The molecule has 6 rings (SSSR count). The Hall–Kier alpha value is -5.13. The van der Waals surface area contributed by atoms with Crippen LogP contribution in [0.5, 0.6) is 11.5 Å². The topological polar surface area (TPSA) is 125 Å². The van der Waals surface area contributed by atoms with Crippen molar-refractivity contribution in [2.24, 2.45) is 0 Å². The number of rotatable bonds is 7. The number of hydrogen-bond acceptors (Lipinski definition) is 7. The summed E-state index contributed by atoms with van der Waals surface area (Å²) in [6, 6.07) is 16.9. The normalized spacial score (nSPS) is 15.7. The molecule has 2 aliphatic rings. The standard InChI is InChI=1S/C34H35N5O6/c1-21-26(27-19-25(44-3)9-10-29(27)39(21)16-17-40)20-31-32(41)28-18-24(8-11-30(28)45-31)36-34(43)35-23-6-4-22(5-7-23)33(42)38-14-12-37(2)13-15-38/h4-11,18-20,40H,12-17H2,1-3H3,(H2,35,36,43). The lowest BCUT2D eigenvalue weighted by atomic mass is 10.1. The molecule has 11 nitrogen and oxygen atoms in total. The molecule has 4 aromatic rings. The fourth-order valence-corrected chi connectivity index (χ4v) is 5.76. The van der Waals surface area contributed by atoms with Crippen molar-refractivity contribution in [3.8, 4) is 11.5 Å². The highest BCUT2D eigenvalue weighted by molar-refractivity contribution is 6.16. The van der Waals surface area contributed by atoms with Gasteiger partial charge in [-0.2, -0.15) is 0 Å². The number of fused-ring (bicyclic) bond motifs is 2. The largest absolute Gasteiger partial charge is 0.497 e. The number of nitrogens with one attached hydrogen (secondary N) is 2. The van der Waals surface area contributed by atoms with Crippen LogP contribution >= 0.6 is 0 Å². The molecule has 3 heterocycles. The number of Topliss-reactive ketones (excluding diaryl/α,β-unsaturated/α-hetero) is 1. The zero-order valence-corrected chi connectivity index (χ0v) is 25.4. The maximum atomic E-state index is 13.4. The van der Waals surface area contributed by atoms with Crippen LogP contribution in [0.3, 0.4) is 0 Å². The van der Waals surface area contributed by atoms with E-state index in [0.717, 1.165) is 35.2 Å². The van der Waals surface area contributed by atoms with E-state index in [1.807, 2.05) is 41.6 Å². The number of aromatic nitrogens is 1. The van der Waals surface area contributed by atoms with Crippen molar-refractivity contribution < 1.29 is 29.0 Å². The van der Waals surface area contributed by atoms with Crippen molar-refractivity contribution in [3.05, 3.63) is 88.8 Å². The Kier molecular flexibility index (Phi) is 8.29. The van der Waals surface area contributed by atoms with Crippen LogP contribution in [0.1, 0.15) is 32.0 Å². The van der Waals surface area contributed by atoms with Gasteiger partial charge in [0.15, 0.2) is 5.76 Å². The quantitative estimate of drug-likeness (QED) is 0.262. The molecule has 1 saturated heterocycles. The Morgan fingerprint density at radius 3 is 2.40 bits per heavy atom. The number of hydrogen-bond donors (Lipinski definition) is 3. The van der Waals surface area contributed by atoms with E-state index >= 15 is 0 Å². The van der Waals surface area contributed by atoms with Gasteiger partial charge in [-0.1, -0.05) is 0 Å². The van der Waals surface area contributed by atoms with E-state index in [1.54, 1.807) is 55.7 Å². The van der Waals surface area contributed by atoms with Crippen LogP contribution in [0.4, 0.5) is 16.2 Å². The van der Waals surface area contributed by atoms with E-state index in [2.05, 4.69) is 15.5 Å². The summed E-state index contributed by atoms with van der Waals surface area (Å²) in [5.74, 6) is 0.900. The lowest BCUT2D eigenvalue weighted by Crippen LogP contribution is -2.47. The maximum Gasteiger partial charge on any atom is 0.323 e. The summed E-state index contributed by atoms with van der Waals surface area (Å²) in [6.07, 6.45) is 1.71. The molecule has 0 bridgehead atoms. The molecule has 11 heteroatoms. The van der Waals surface area contributed by atoms with Crippen molar-refractivity contribution in [1.82, 2.24) is 14.4 Å². The highest BCUT2D eigenvalue weighted by Crippen LogP contribution is 2.37. The van der Waals surface area contributed by atoms with Crippen LogP contribution in [-0.4, -0.2) is 84.1 Å². The predicted octanol–water partition coefficient (Wildman–Crippen LogP) is 4.60. The molecule has 2 aliphatic heterocycles. The van der Waals surface area contributed by atoms with E-state index in [9.17, 15) is 19.5 Å². The van der Waals surface area contributed by atoms with Gasteiger partial charge in [-0.15, -0.1) is 0 Å². The summed E-state index contributed by atoms with van der Waals surface area (Å²) in [4.78, 5) is 43.0. The molecule has 45 heavy (non-hydrogen) atoms. The van der Waals surface area contributed by atoms with Gasteiger partial charge in [0.2, 0.25) is 5.78 Å². The van der Waals surface area contributed by atoms with Crippen molar-refractivity contribution >= 4 is 46.1 Å². The van der Waals surface area contributed by atoms with Crippen molar-refractivity contribution in [1.29, 1.82) is 0 Å². The van der Waals surface area contributed by atoms with Crippen molar-refractivity contribution in [2.45, 2.75) is 13.5 Å². The first-order valence-corrected chi connectivity index (χ1v) is 14.8. The minimum Gasteiger partial charge on any atom is -0.497 e. The summed E-state index contributed by atoms with van der Waals surface area (Å²) < 4.78 is 13.4. The number of urea groups is 1. The Balaban J connectivity index is 1.15. The number of ether oxygens (including phenoxy) is 2. The summed E-state index contributed by atoms with van der Waals surface area (Å²) in [7, 11) is 3.63. The number of carbonyl (C=O) groups is 3. The highest BCUT2D eigenvalue weighted by Gasteiger charge is 2.29. The first kappa shape index (κ1) is 29.9. The number of benzene rings is 3. The molecular formula is C34H35N5O6. The third kappa shape index (κ3) is 6.00. The van der Waals surface area contributed by atoms with Gasteiger partial charge in [0, 0.05) is 71.8 Å². The summed E-state index contributed by atoms with van der Waals surface area (Å²) in [5.41, 5.74) is 4.43. The zero-order valence-electron chi connectivity index (χ0n) is 25.4. The molecule has 3 amide bonds. The Morgan fingerprint density at radius 1 is 0.978 bits per heavy atom. The second kappa shape index (κ2) is 12.5. The molecule has 1 aromatic heterocycles. The Labute approximate surface area is 260 Å². The van der Waals surface area contributed by atoms with E-state index in [-0.39, 0.29) is 24.1 Å². The first-order valence-electron chi connectivity index (χ1n) is 14.8. The fraction of sp³-hybridized carbons (Fsp3) is 0.265. The monoisotopic (exact) mass is 609 g/mol. The SMILES string of the molecule is COc1ccc2c(c1)c(C=C1Oc3ccc(NC(=O)Nc4ccc(C(=O)N5CCN(C)CC5)cc4)cc3C1=O)c(C)n2CCO. The Morgan fingerprint density at radius 2 is 1.69 bits per heavy atom. The number of ketones is 1. The molecule has 1 fully saturated rings. The lowest BCUT2D eigenvalue weighted by Gasteiger charge is -2.32. The third-order valence-corrected chi connectivity index (χ3v) is 8.28. The van der Waals surface area contributed by atoms with Crippen LogP contribution in [0.2, 0.25) is 0 Å². The molecule has 0 spiro atoms. The molecule has 0 unspecified atom stereocenters. The molecule has 3 N–H and O–H groups in total. The average Bonchev–Trinajstić information content (AvgIpc) is 3.49. The third-order valence-electron chi connectivity index (χ3n) is 8.28. The minimum absolute atomic E-state index is 0.0247. The van der Waals surface area contributed by atoms with Gasteiger partial charge in [0.1, 0.15) is 11.5 Å². The number of carbonyl (C=O) groups excluding carboxylic acids is 3. The number of aliphatic hydroxyl groups is 1. The molecule has 0 radical (unpaired) electrons. The zero-order chi connectivity index (χ0) is 31.7. The molecule has 0 saturated carbocycles. The average molecular weight is 610 g/mol. The van der Waals surface area contributed by atoms with Gasteiger partial charge in [0.05, 0.1) is 19.3 Å². The second-order valence-corrected chi connectivity index (χ2v) is 11.2. The molecule has 3 aromatic carbocycles. The predicted molar refractivity (Wildman–Crippen MR) is 172 cm³/mol. The van der Waals surface area contributed by atoms with Gasteiger partial charge in [0.25, 0.3) is 5.91 Å². The maximum absolute atomic E-state index is 13.4. The van der Waals surface area contributed by atoms with Crippen molar-refractivity contribution in [3.63, 3.8) is 0 Å². The van der Waals surface area contributed by atoms with E-state index < -0.39 is 6.03 Å². The number of methoxy groups -OCH3 is 1. The van der Waals surface area contributed by atoms with Gasteiger partial charge >= 0.3 is 6.03 Å². The van der Waals surface area contributed by atoms with Crippen LogP contribution in [-0.2, 0) is 6.54 Å². The number of allylic oxidation sites excluding steroid dienone is 1. The van der Waals surface area contributed by atoms with E-state index in [4.69, 9.17) is 9.47 Å². The number of piperazine rings is 1. The highest BCUT2D eigenvalue weighted by atomic mass is 16.5. The molecular weight excluding hydrogens is 574 g/mol. The summed E-state index contributed by atoms with van der Waals surface area (Å²) >= 11 is 0.